The van der Waals surface area contributed by atoms with Gasteiger partial charge >= 0.3 is 0 Å². The Labute approximate surface area is 161 Å². The van der Waals surface area contributed by atoms with Crippen LogP contribution in [0.15, 0.2) is 78.9 Å². The van der Waals surface area contributed by atoms with Crippen LogP contribution in [-0.2, 0) is 0 Å². The lowest BCUT2D eigenvalue weighted by Gasteiger charge is -2.12. The average molecular weight is 378 g/mol. The van der Waals surface area contributed by atoms with Crippen molar-refractivity contribution in [2.45, 2.75) is 6.10 Å². The van der Waals surface area contributed by atoms with E-state index in [0.29, 0.717) is 22.6 Å². The molecular weight excluding hydrogens is 360 g/mol. The van der Waals surface area contributed by atoms with Crippen LogP contribution in [0.5, 0.6) is 11.5 Å². The number of nitro benzene ring substituents is 1. The highest BCUT2D eigenvalue weighted by molar-refractivity contribution is 5.94. The Balaban J connectivity index is 1.54. The zero-order valence-corrected chi connectivity index (χ0v) is 14.8. The van der Waals surface area contributed by atoms with Gasteiger partial charge in [0.05, 0.1) is 11.0 Å². The number of rotatable bonds is 7. The summed E-state index contributed by atoms with van der Waals surface area (Å²) < 4.78 is 5.68. The van der Waals surface area contributed by atoms with Crippen molar-refractivity contribution in [3.63, 3.8) is 0 Å². The summed E-state index contributed by atoms with van der Waals surface area (Å²) in [7, 11) is 0. The molecule has 0 aliphatic heterocycles. The zero-order chi connectivity index (χ0) is 19.9. The average Bonchev–Trinajstić information content (AvgIpc) is 2.73. The molecule has 0 aliphatic rings. The van der Waals surface area contributed by atoms with Crippen molar-refractivity contribution in [2.24, 2.45) is 0 Å². The summed E-state index contributed by atoms with van der Waals surface area (Å²) in [5.74, 6) is 0.965. The first-order valence-corrected chi connectivity index (χ1v) is 8.56. The third-order valence-electron chi connectivity index (χ3n) is 4.04. The number of carbonyl (C=O) groups excluding carboxylic acids is 1. The molecule has 0 saturated heterocycles. The smallest absolute Gasteiger partial charge is 0.269 e. The molecule has 2 N–H and O–H groups in total. The molecule has 142 valence electrons. The summed E-state index contributed by atoms with van der Waals surface area (Å²) in [6.07, 6.45) is -0.967. The quantitative estimate of drug-likeness (QED) is 0.480. The summed E-state index contributed by atoms with van der Waals surface area (Å²) in [5, 5.41) is 23.4. The first-order chi connectivity index (χ1) is 13.5. The second-order valence-corrected chi connectivity index (χ2v) is 6.01. The highest BCUT2D eigenvalue weighted by atomic mass is 16.6. The molecular formula is C21H18N2O5. The molecule has 3 aromatic rings. The molecule has 0 aromatic heterocycles. The molecule has 0 fully saturated rings. The zero-order valence-electron chi connectivity index (χ0n) is 14.8. The van der Waals surface area contributed by atoms with Crippen molar-refractivity contribution in [2.75, 3.05) is 6.54 Å². The number of benzene rings is 3. The first-order valence-electron chi connectivity index (χ1n) is 8.56. The Morgan fingerprint density at radius 3 is 2.18 bits per heavy atom. The number of nitrogens with zero attached hydrogens (tertiary/aromatic N) is 1. The van der Waals surface area contributed by atoms with Gasteiger partial charge in [0.15, 0.2) is 0 Å². The van der Waals surface area contributed by atoms with E-state index in [1.54, 1.807) is 24.3 Å². The van der Waals surface area contributed by atoms with Gasteiger partial charge in [-0.05, 0) is 54.1 Å². The third-order valence-corrected chi connectivity index (χ3v) is 4.04. The van der Waals surface area contributed by atoms with E-state index in [2.05, 4.69) is 5.32 Å². The number of nitrogens with one attached hydrogen (secondary N) is 1. The minimum absolute atomic E-state index is 0.0150. The van der Waals surface area contributed by atoms with Gasteiger partial charge in [-0.25, -0.2) is 0 Å². The van der Waals surface area contributed by atoms with Crippen molar-refractivity contribution in [3.8, 4) is 11.5 Å². The van der Waals surface area contributed by atoms with Gasteiger partial charge < -0.3 is 15.2 Å². The molecule has 1 unspecified atom stereocenters. The van der Waals surface area contributed by atoms with Crippen LogP contribution in [-0.4, -0.2) is 22.5 Å². The Hall–Kier alpha value is -3.71. The maximum Gasteiger partial charge on any atom is 0.269 e. The third kappa shape index (κ3) is 4.93. The molecule has 0 saturated carbocycles. The molecule has 7 heteroatoms. The van der Waals surface area contributed by atoms with E-state index in [0.717, 1.165) is 0 Å². The second-order valence-electron chi connectivity index (χ2n) is 6.01. The van der Waals surface area contributed by atoms with Gasteiger partial charge in [0.2, 0.25) is 0 Å². The summed E-state index contributed by atoms with van der Waals surface area (Å²) in [5.41, 5.74) is 0.853. The van der Waals surface area contributed by atoms with Gasteiger partial charge in [-0.15, -0.1) is 0 Å². The molecule has 1 amide bonds. The van der Waals surface area contributed by atoms with E-state index >= 15 is 0 Å². The molecule has 0 bridgehead atoms. The number of para-hydroxylation sites is 1. The van der Waals surface area contributed by atoms with Crippen LogP contribution >= 0.6 is 0 Å². The van der Waals surface area contributed by atoms with E-state index in [1.165, 1.54) is 24.3 Å². The maximum absolute atomic E-state index is 12.2. The predicted octanol–water partition coefficient (Wildman–Crippen LogP) is 3.85. The Bertz CT molecular complexity index is 941. The standard InChI is InChI=1S/C21H18N2O5/c24-20(15-6-10-17(11-7-15)23(26)27)14-22-21(25)16-8-12-19(13-9-16)28-18-4-2-1-3-5-18/h1-13,20,24H,14H2,(H,22,25). The van der Waals surface area contributed by atoms with Crippen molar-refractivity contribution in [1.82, 2.24) is 5.32 Å². The lowest BCUT2D eigenvalue weighted by Crippen LogP contribution is -2.28. The maximum atomic E-state index is 12.2. The van der Waals surface area contributed by atoms with Gasteiger partial charge in [-0.2, -0.15) is 0 Å². The molecule has 0 radical (unpaired) electrons. The molecule has 0 spiro atoms. The number of hydrogen-bond donors (Lipinski definition) is 2. The fourth-order valence-electron chi connectivity index (χ4n) is 2.53. The second kappa shape index (κ2) is 8.79. The van der Waals surface area contributed by atoms with Crippen LogP contribution < -0.4 is 10.1 Å². The van der Waals surface area contributed by atoms with E-state index in [9.17, 15) is 20.0 Å². The molecule has 0 aliphatic carbocycles. The van der Waals surface area contributed by atoms with Crippen molar-refractivity contribution in [1.29, 1.82) is 0 Å². The SMILES string of the molecule is O=C(NCC(O)c1ccc([N+](=O)[O-])cc1)c1ccc(Oc2ccccc2)cc1. The van der Waals surface area contributed by atoms with E-state index < -0.39 is 11.0 Å². The monoisotopic (exact) mass is 378 g/mol. The molecule has 0 heterocycles. The number of aliphatic hydroxyl groups excluding tert-OH is 1. The lowest BCUT2D eigenvalue weighted by molar-refractivity contribution is -0.384. The van der Waals surface area contributed by atoms with Crippen LogP contribution in [0.1, 0.15) is 22.0 Å². The fraction of sp³-hybridized carbons (Fsp3) is 0.0952. The summed E-state index contributed by atoms with van der Waals surface area (Å²) in [6, 6.07) is 21.5. The van der Waals surface area contributed by atoms with E-state index in [-0.39, 0.29) is 18.1 Å². The minimum atomic E-state index is -0.967. The van der Waals surface area contributed by atoms with Crippen molar-refractivity contribution >= 4 is 11.6 Å². The number of aliphatic hydroxyl groups is 1. The molecule has 3 rings (SSSR count). The number of ether oxygens (including phenoxy) is 1. The van der Waals surface area contributed by atoms with Gasteiger partial charge in [0.1, 0.15) is 11.5 Å². The number of amides is 1. The van der Waals surface area contributed by atoms with Crippen LogP contribution in [0.3, 0.4) is 0 Å². The van der Waals surface area contributed by atoms with Gasteiger partial charge in [-0.1, -0.05) is 18.2 Å². The normalized spacial score (nSPS) is 11.5. The van der Waals surface area contributed by atoms with Crippen LogP contribution in [0.25, 0.3) is 0 Å². The number of carbonyl (C=O) groups is 1. The topological polar surface area (TPSA) is 102 Å². The first kappa shape index (κ1) is 19.1. The van der Waals surface area contributed by atoms with Crippen LogP contribution in [0, 0.1) is 10.1 Å². The largest absolute Gasteiger partial charge is 0.457 e. The minimum Gasteiger partial charge on any atom is -0.457 e. The molecule has 28 heavy (non-hydrogen) atoms. The predicted molar refractivity (Wildman–Crippen MR) is 103 cm³/mol. The summed E-state index contributed by atoms with van der Waals surface area (Å²) >= 11 is 0. The summed E-state index contributed by atoms with van der Waals surface area (Å²) in [4.78, 5) is 22.4. The number of nitro groups is 1. The fourth-order valence-corrected chi connectivity index (χ4v) is 2.53. The highest BCUT2D eigenvalue weighted by Gasteiger charge is 2.13. The number of non-ortho nitro benzene ring substituents is 1. The van der Waals surface area contributed by atoms with Gasteiger partial charge in [-0.3, -0.25) is 14.9 Å². The summed E-state index contributed by atoms with van der Waals surface area (Å²) in [6.45, 7) is -0.0150. The number of hydrogen-bond acceptors (Lipinski definition) is 5. The van der Waals surface area contributed by atoms with Crippen LogP contribution in [0.2, 0.25) is 0 Å². The molecule has 1 atom stereocenters. The van der Waals surface area contributed by atoms with Gasteiger partial charge in [0.25, 0.3) is 11.6 Å². The van der Waals surface area contributed by atoms with Crippen molar-refractivity contribution in [3.05, 3.63) is 100 Å². The molecule has 7 nitrogen and oxygen atoms in total. The van der Waals surface area contributed by atoms with Crippen LogP contribution in [0.4, 0.5) is 5.69 Å². The van der Waals surface area contributed by atoms with Gasteiger partial charge in [0, 0.05) is 24.2 Å². The molecule has 3 aromatic carbocycles. The highest BCUT2D eigenvalue weighted by Crippen LogP contribution is 2.21. The Morgan fingerprint density at radius 2 is 1.57 bits per heavy atom. The lowest BCUT2D eigenvalue weighted by atomic mass is 10.1. The van der Waals surface area contributed by atoms with Crippen molar-refractivity contribution < 1.29 is 19.6 Å². The van der Waals surface area contributed by atoms with E-state index in [1.807, 2.05) is 30.3 Å². The Kier molecular flexibility index (Phi) is 5.98. The van der Waals surface area contributed by atoms with E-state index in [4.69, 9.17) is 4.74 Å². The Morgan fingerprint density at radius 1 is 0.964 bits per heavy atom.